The topological polar surface area (TPSA) is 270 Å². The van der Waals surface area contributed by atoms with E-state index in [0.717, 1.165) is 0 Å². The van der Waals surface area contributed by atoms with Gasteiger partial charge >= 0.3 is 23.9 Å². The Morgan fingerprint density at radius 1 is 0.731 bits per heavy atom. The Bertz CT molecular complexity index is 449. The first-order chi connectivity index (χ1) is 11.3. The maximum Gasteiger partial charge on any atom is 0.321 e. The SMILES string of the molecule is Cl.NC(=O)C[C@H](N)C(=O)O.N[C@@H](CC(=O)O)C(=O)O.N[C@@H](CS)C(=O)O. The van der Waals surface area contributed by atoms with Crippen LogP contribution in [0.15, 0.2) is 0 Å². The summed E-state index contributed by atoms with van der Waals surface area (Å²) in [4.78, 5) is 49.3. The molecular weight excluding hydrogens is 400 g/mol. The van der Waals surface area contributed by atoms with Crippen LogP contribution in [-0.2, 0) is 24.0 Å². The first-order valence-corrected chi connectivity index (χ1v) is 6.95. The third kappa shape index (κ3) is 24.1. The van der Waals surface area contributed by atoms with Crippen molar-refractivity contribution in [3.05, 3.63) is 0 Å². The van der Waals surface area contributed by atoms with E-state index in [1.807, 2.05) is 0 Å². The third-order valence-corrected chi connectivity index (χ3v) is 2.36. The number of rotatable bonds is 8. The van der Waals surface area contributed by atoms with E-state index >= 15 is 0 Å². The Hall–Kier alpha value is -2.13. The number of hydrogen-bond acceptors (Lipinski definition) is 9. The molecule has 0 radical (unpaired) electrons. The molecular formula is C11H23ClN4O9S. The molecule has 0 aromatic heterocycles. The molecule has 0 aliphatic heterocycles. The number of aliphatic carboxylic acids is 4. The fourth-order valence-corrected chi connectivity index (χ4v) is 0.814. The normalized spacial score (nSPS) is 12.3. The van der Waals surface area contributed by atoms with Crippen LogP contribution in [0.25, 0.3) is 0 Å². The van der Waals surface area contributed by atoms with Gasteiger partial charge in [-0.15, -0.1) is 12.4 Å². The van der Waals surface area contributed by atoms with Gasteiger partial charge in [-0.1, -0.05) is 0 Å². The molecule has 12 N–H and O–H groups in total. The van der Waals surface area contributed by atoms with Gasteiger partial charge in [0.15, 0.2) is 0 Å². The highest BCUT2D eigenvalue weighted by molar-refractivity contribution is 7.80. The third-order valence-electron chi connectivity index (χ3n) is 1.96. The molecule has 0 rings (SSSR count). The van der Waals surface area contributed by atoms with Crippen LogP contribution in [0.3, 0.4) is 0 Å². The number of hydrogen-bond donors (Lipinski definition) is 9. The first-order valence-electron chi connectivity index (χ1n) is 6.32. The molecule has 0 aromatic rings. The highest BCUT2D eigenvalue weighted by Crippen LogP contribution is 1.86. The number of carboxylic acid groups (broad SMARTS) is 4. The molecule has 0 aliphatic carbocycles. The van der Waals surface area contributed by atoms with Gasteiger partial charge in [0.2, 0.25) is 5.91 Å². The van der Waals surface area contributed by atoms with Gasteiger partial charge in [-0.05, 0) is 0 Å². The van der Waals surface area contributed by atoms with Crippen LogP contribution in [0.1, 0.15) is 12.8 Å². The summed E-state index contributed by atoms with van der Waals surface area (Å²) in [5, 5.41) is 32.1. The minimum atomic E-state index is -1.29. The Morgan fingerprint density at radius 3 is 1.12 bits per heavy atom. The molecule has 0 saturated carbocycles. The van der Waals surface area contributed by atoms with Gasteiger partial charge in [-0.3, -0.25) is 24.0 Å². The summed E-state index contributed by atoms with van der Waals surface area (Å²) in [5.41, 5.74) is 19.3. The summed E-state index contributed by atoms with van der Waals surface area (Å²) in [7, 11) is 0. The van der Waals surface area contributed by atoms with Crippen LogP contribution in [0.4, 0.5) is 0 Å². The van der Waals surface area contributed by atoms with Crippen molar-refractivity contribution in [3.8, 4) is 0 Å². The fraction of sp³-hybridized carbons (Fsp3) is 0.545. The smallest absolute Gasteiger partial charge is 0.321 e. The number of halogens is 1. The lowest BCUT2D eigenvalue weighted by molar-refractivity contribution is -0.144. The van der Waals surface area contributed by atoms with Gasteiger partial charge in [0.1, 0.15) is 18.1 Å². The van der Waals surface area contributed by atoms with Crippen molar-refractivity contribution in [3.63, 3.8) is 0 Å². The molecule has 0 aromatic carbocycles. The first kappa shape index (κ1) is 31.6. The monoisotopic (exact) mass is 422 g/mol. The van der Waals surface area contributed by atoms with E-state index in [2.05, 4.69) is 18.4 Å². The van der Waals surface area contributed by atoms with E-state index in [-0.39, 0.29) is 24.6 Å². The Balaban J connectivity index is -0.000000138. The molecule has 1 amide bonds. The molecule has 26 heavy (non-hydrogen) atoms. The predicted octanol–water partition coefficient (Wildman–Crippen LogP) is -3.10. The average Bonchev–Trinajstić information content (AvgIpc) is 2.45. The second-order valence-corrected chi connectivity index (χ2v) is 4.65. The van der Waals surface area contributed by atoms with Gasteiger partial charge in [-0.2, -0.15) is 12.6 Å². The molecule has 3 atom stereocenters. The van der Waals surface area contributed by atoms with Crippen molar-refractivity contribution in [2.45, 2.75) is 31.0 Å². The zero-order valence-electron chi connectivity index (χ0n) is 13.3. The zero-order valence-corrected chi connectivity index (χ0v) is 15.1. The lowest BCUT2D eigenvalue weighted by Crippen LogP contribution is -2.34. The number of amides is 1. The predicted molar refractivity (Wildman–Crippen MR) is 94.0 cm³/mol. The molecule has 0 saturated heterocycles. The summed E-state index contributed by atoms with van der Waals surface area (Å²) < 4.78 is 0. The second kappa shape index (κ2) is 17.7. The van der Waals surface area contributed by atoms with Gasteiger partial charge in [-0.25, -0.2) is 0 Å². The van der Waals surface area contributed by atoms with Crippen molar-refractivity contribution >= 4 is 54.8 Å². The van der Waals surface area contributed by atoms with E-state index < -0.39 is 54.3 Å². The molecule has 13 nitrogen and oxygen atoms in total. The molecule has 0 unspecified atom stereocenters. The lowest BCUT2D eigenvalue weighted by atomic mass is 10.2. The standard InChI is InChI=1S/C4H8N2O3.C4H7NO4.C3H7NO2S.ClH/c2*5-2(4(8)9)1-3(6)7;4-2(1-7)3(5)6;/h2H,1,5H2,(H2,6,7)(H,8,9);2H,1,5H2,(H,6,7)(H,8,9);2,7H,1,4H2,(H,5,6);1H/t3*2-;/m000./s1. The minimum Gasteiger partial charge on any atom is -0.481 e. The number of nitrogens with two attached hydrogens (primary N) is 4. The fourth-order valence-electron chi connectivity index (χ4n) is 0.658. The van der Waals surface area contributed by atoms with Gasteiger partial charge in [0.25, 0.3) is 0 Å². The maximum absolute atomic E-state index is 9.99. The summed E-state index contributed by atoms with van der Waals surface area (Å²) in [6, 6.07) is -3.27. The number of carboxylic acids is 4. The highest BCUT2D eigenvalue weighted by Gasteiger charge is 2.14. The van der Waals surface area contributed by atoms with Gasteiger partial charge < -0.3 is 43.4 Å². The van der Waals surface area contributed by atoms with Crippen molar-refractivity contribution in [1.29, 1.82) is 0 Å². The zero-order chi connectivity index (χ0) is 20.7. The molecule has 0 fully saturated rings. The number of primary amides is 1. The van der Waals surface area contributed by atoms with E-state index in [1.54, 1.807) is 0 Å². The Morgan fingerprint density at radius 2 is 1.04 bits per heavy atom. The van der Waals surface area contributed by atoms with Gasteiger partial charge in [0, 0.05) is 5.75 Å². The number of thiol groups is 1. The van der Waals surface area contributed by atoms with E-state index in [4.69, 9.17) is 37.6 Å². The summed E-state index contributed by atoms with van der Waals surface area (Å²) in [6.07, 6.45) is -0.843. The van der Waals surface area contributed by atoms with Gasteiger partial charge in [0.05, 0.1) is 12.8 Å². The lowest BCUT2D eigenvalue weighted by Gasteiger charge is -1.99. The minimum absolute atomic E-state index is 0. The largest absolute Gasteiger partial charge is 0.481 e. The van der Waals surface area contributed by atoms with E-state index in [1.165, 1.54) is 0 Å². The van der Waals surface area contributed by atoms with E-state index in [9.17, 15) is 24.0 Å². The van der Waals surface area contributed by atoms with Crippen LogP contribution in [0, 0.1) is 0 Å². The quantitative estimate of drug-likeness (QED) is 0.176. The van der Waals surface area contributed by atoms with Crippen molar-refractivity contribution in [1.82, 2.24) is 0 Å². The molecule has 154 valence electrons. The van der Waals surface area contributed by atoms with E-state index in [0.29, 0.717) is 0 Å². The number of carbonyl (C=O) groups is 5. The Kier molecular flexibility index (Phi) is 21.5. The Labute approximate surface area is 159 Å². The van der Waals surface area contributed by atoms with Crippen LogP contribution >= 0.6 is 25.0 Å². The molecule has 0 spiro atoms. The van der Waals surface area contributed by atoms with Crippen molar-refractivity contribution < 1.29 is 44.4 Å². The second-order valence-electron chi connectivity index (χ2n) is 4.29. The average molecular weight is 423 g/mol. The summed E-state index contributed by atoms with van der Waals surface area (Å²) in [5.74, 6) is -5.23. The number of carbonyl (C=O) groups excluding carboxylic acids is 1. The molecule has 0 bridgehead atoms. The summed E-state index contributed by atoms with van der Waals surface area (Å²) >= 11 is 3.65. The van der Waals surface area contributed by atoms with Crippen molar-refractivity contribution in [2.24, 2.45) is 22.9 Å². The molecule has 15 heteroatoms. The van der Waals surface area contributed by atoms with Crippen LogP contribution in [0.5, 0.6) is 0 Å². The maximum atomic E-state index is 9.99. The molecule has 0 heterocycles. The van der Waals surface area contributed by atoms with Crippen LogP contribution < -0.4 is 22.9 Å². The van der Waals surface area contributed by atoms with Crippen LogP contribution in [0.2, 0.25) is 0 Å². The highest BCUT2D eigenvalue weighted by atomic mass is 35.5. The van der Waals surface area contributed by atoms with Crippen molar-refractivity contribution in [2.75, 3.05) is 5.75 Å². The summed E-state index contributed by atoms with van der Waals surface area (Å²) in [6.45, 7) is 0. The van der Waals surface area contributed by atoms with Crippen LogP contribution in [-0.4, -0.2) is 74.1 Å². The molecule has 0 aliphatic rings.